The van der Waals surface area contributed by atoms with Crippen molar-refractivity contribution >= 4 is 16.6 Å². The summed E-state index contributed by atoms with van der Waals surface area (Å²) in [6.45, 7) is 9.55. The minimum atomic E-state index is -2.17. The standard InChI is InChI=1S/C23H25N3.C2H4F2/c1-15-12-23(7-9-24-10-8-23)13-18-11-17(4-6-19(15)18)21-14-25-22-20(21)5-3-16(2)26-22;1-2(3)4/h3-6,11,14,24H,1,7-10,12-13H2,2H3,(H,25,26);2H,1H3. The zero-order chi connectivity index (χ0) is 21.3. The monoisotopic (exact) mass is 409 g/mol. The molecule has 2 N–H and O–H groups in total. The lowest BCUT2D eigenvalue weighted by atomic mass is 9.65. The third kappa shape index (κ3) is 4.17. The molecule has 0 radical (unpaired) electrons. The van der Waals surface area contributed by atoms with E-state index >= 15 is 0 Å². The van der Waals surface area contributed by atoms with Crippen molar-refractivity contribution in [2.75, 3.05) is 13.1 Å². The van der Waals surface area contributed by atoms with Crippen molar-refractivity contribution in [1.29, 1.82) is 0 Å². The molecule has 0 unspecified atom stereocenters. The van der Waals surface area contributed by atoms with Gasteiger partial charge in [-0.25, -0.2) is 13.8 Å². The van der Waals surface area contributed by atoms with Crippen LogP contribution in [-0.4, -0.2) is 29.5 Å². The third-order valence-corrected chi connectivity index (χ3v) is 6.29. The second kappa shape index (κ2) is 8.31. The highest BCUT2D eigenvalue weighted by Crippen LogP contribution is 2.47. The van der Waals surface area contributed by atoms with E-state index in [1.54, 1.807) is 0 Å². The molecule has 1 fully saturated rings. The van der Waals surface area contributed by atoms with E-state index < -0.39 is 6.43 Å². The molecule has 1 aliphatic heterocycles. The number of piperidine rings is 1. The summed E-state index contributed by atoms with van der Waals surface area (Å²) in [7, 11) is 0. The summed E-state index contributed by atoms with van der Waals surface area (Å²) in [6.07, 6.45) is 4.77. The number of fused-ring (bicyclic) bond motifs is 2. The minimum absolute atomic E-state index is 0.410. The molecule has 2 aromatic heterocycles. The number of alkyl halides is 2. The van der Waals surface area contributed by atoms with Crippen LogP contribution in [0.25, 0.3) is 27.7 Å². The lowest BCUT2D eigenvalue weighted by Gasteiger charge is -2.42. The fourth-order valence-corrected chi connectivity index (χ4v) is 4.92. The van der Waals surface area contributed by atoms with Gasteiger partial charge in [-0.15, -0.1) is 0 Å². The summed E-state index contributed by atoms with van der Waals surface area (Å²) < 4.78 is 20.7. The second-order valence-corrected chi connectivity index (χ2v) is 8.65. The van der Waals surface area contributed by atoms with Gasteiger partial charge in [0.1, 0.15) is 5.65 Å². The van der Waals surface area contributed by atoms with Crippen LogP contribution in [0.3, 0.4) is 0 Å². The number of halogens is 2. The van der Waals surface area contributed by atoms with Crippen molar-refractivity contribution in [2.45, 2.75) is 46.0 Å². The van der Waals surface area contributed by atoms with E-state index in [0.717, 1.165) is 37.8 Å². The van der Waals surface area contributed by atoms with E-state index in [4.69, 9.17) is 0 Å². The molecule has 0 saturated carbocycles. The predicted octanol–water partition coefficient (Wildman–Crippen LogP) is 6.14. The normalized spacial score (nSPS) is 17.7. The van der Waals surface area contributed by atoms with Crippen LogP contribution in [0.5, 0.6) is 0 Å². The molecule has 30 heavy (non-hydrogen) atoms. The lowest BCUT2D eigenvalue weighted by Crippen LogP contribution is -2.40. The molecule has 0 atom stereocenters. The van der Waals surface area contributed by atoms with Crippen molar-refractivity contribution in [2.24, 2.45) is 5.41 Å². The molecule has 1 saturated heterocycles. The van der Waals surface area contributed by atoms with Gasteiger partial charge in [-0.05, 0) is 92.4 Å². The Balaban J connectivity index is 0.000000503. The highest BCUT2D eigenvalue weighted by Gasteiger charge is 2.37. The fraction of sp³-hybridized carbons (Fsp3) is 0.400. The number of nitrogens with zero attached hydrogens (tertiary/aromatic N) is 1. The van der Waals surface area contributed by atoms with Gasteiger partial charge in [0.2, 0.25) is 6.43 Å². The Morgan fingerprint density at radius 3 is 2.53 bits per heavy atom. The summed E-state index contributed by atoms with van der Waals surface area (Å²) in [4.78, 5) is 7.95. The number of nitrogens with one attached hydrogen (secondary N) is 2. The largest absolute Gasteiger partial charge is 0.346 e. The van der Waals surface area contributed by atoms with E-state index in [0.29, 0.717) is 5.41 Å². The maximum Gasteiger partial charge on any atom is 0.235 e. The number of H-pyrrole nitrogens is 1. The molecular weight excluding hydrogens is 380 g/mol. The maximum atomic E-state index is 10.3. The summed E-state index contributed by atoms with van der Waals surface area (Å²) in [6, 6.07) is 11.2. The van der Waals surface area contributed by atoms with Crippen LogP contribution in [-0.2, 0) is 6.42 Å². The Bertz CT molecular complexity index is 1060. The number of hydrogen-bond acceptors (Lipinski definition) is 2. The first-order chi connectivity index (χ1) is 14.4. The quantitative estimate of drug-likeness (QED) is 0.507. The summed E-state index contributed by atoms with van der Waals surface area (Å²) in [5.74, 6) is 0. The Morgan fingerprint density at radius 2 is 1.80 bits per heavy atom. The van der Waals surface area contributed by atoms with E-state index in [1.165, 1.54) is 52.5 Å². The van der Waals surface area contributed by atoms with Crippen molar-refractivity contribution in [3.8, 4) is 11.1 Å². The molecule has 5 rings (SSSR count). The number of rotatable bonds is 1. The first kappa shape index (κ1) is 20.7. The predicted molar refractivity (Wildman–Crippen MR) is 120 cm³/mol. The molecule has 1 spiro atoms. The number of aromatic nitrogens is 2. The molecule has 2 aliphatic rings. The van der Waals surface area contributed by atoms with Crippen LogP contribution in [0.15, 0.2) is 43.1 Å². The number of aryl methyl sites for hydroxylation is 1. The number of pyridine rings is 1. The molecule has 3 aromatic rings. The zero-order valence-corrected chi connectivity index (χ0v) is 17.7. The molecule has 3 nitrogen and oxygen atoms in total. The summed E-state index contributed by atoms with van der Waals surface area (Å²) in [5.41, 5.74) is 9.09. The van der Waals surface area contributed by atoms with Gasteiger partial charge in [-0.3, -0.25) is 0 Å². The Morgan fingerprint density at radius 1 is 1.07 bits per heavy atom. The Kier molecular flexibility index (Phi) is 5.74. The average molecular weight is 410 g/mol. The lowest BCUT2D eigenvalue weighted by molar-refractivity contribution is 0.171. The van der Waals surface area contributed by atoms with E-state index in [1.807, 2.05) is 6.92 Å². The van der Waals surface area contributed by atoms with Gasteiger partial charge in [0, 0.05) is 22.8 Å². The van der Waals surface area contributed by atoms with Crippen molar-refractivity contribution in [1.82, 2.24) is 15.3 Å². The molecule has 1 aromatic carbocycles. The molecular formula is C25H29F2N3. The first-order valence-electron chi connectivity index (χ1n) is 10.6. The SMILES string of the molecule is C=C1CC2(CCNCC2)Cc2cc(-c3c[nH]c4nc(C)ccc34)ccc21.CC(F)F. The highest BCUT2D eigenvalue weighted by molar-refractivity contribution is 5.94. The van der Waals surface area contributed by atoms with Crippen LogP contribution in [0.1, 0.15) is 43.0 Å². The van der Waals surface area contributed by atoms with Gasteiger partial charge >= 0.3 is 0 Å². The molecule has 0 amide bonds. The van der Waals surface area contributed by atoms with Crippen LogP contribution in [0, 0.1) is 12.3 Å². The maximum absolute atomic E-state index is 10.3. The Hall–Kier alpha value is -2.53. The van der Waals surface area contributed by atoms with E-state index in [2.05, 4.69) is 58.4 Å². The minimum Gasteiger partial charge on any atom is -0.346 e. The molecule has 1 aliphatic carbocycles. The van der Waals surface area contributed by atoms with E-state index in [9.17, 15) is 8.78 Å². The fourth-order valence-electron chi connectivity index (χ4n) is 4.92. The van der Waals surface area contributed by atoms with Gasteiger partial charge in [0.05, 0.1) is 0 Å². The molecule has 5 heteroatoms. The van der Waals surface area contributed by atoms with Gasteiger partial charge in [-0.1, -0.05) is 24.8 Å². The topological polar surface area (TPSA) is 40.7 Å². The van der Waals surface area contributed by atoms with Gasteiger partial charge < -0.3 is 10.3 Å². The number of allylic oxidation sites excluding steroid dienone is 1. The van der Waals surface area contributed by atoms with Gasteiger partial charge in [-0.2, -0.15) is 0 Å². The molecule has 3 heterocycles. The van der Waals surface area contributed by atoms with E-state index in [-0.39, 0.29) is 0 Å². The van der Waals surface area contributed by atoms with Crippen LogP contribution < -0.4 is 5.32 Å². The Labute approximate surface area is 176 Å². The van der Waals surface area contributed by atoms with Crippen LogP contribution in [0.4, 0.5) is 8.78 Å². The summed E-state index contributed by atoms with van der Waals surface area (Å²) in [5, 5.41) is 4.71. The van der Waals surface area contributed by atoms with Crippen LogP contribution >= 0.6 is 0 Å². The van der Waals surface area contributed by atoms with Crippen LogP contribution in [0.2, 0.25) is 0 Å². The molecule has 0 bridgehead atoms. The smallest absolute Gasteiger partial charge is 0.235 e. The van der Waals surface area contributed by atoms with Gasteiger partial charge in [0.25, 0.3) is 0 Å². The average Bonchev–Trinajstić information content (AvgIpc) is 3.10. The third-order valence-electron chi connectivity index (χ3n) is 6.29. The molecule has 158 valence electrons. The van der Waals surface area contributed by atoms with Crippen molar-refractivity contribution in [3.63, 3.8) is 0 Å². The number of hydrogen-bond donors (Lipinski definition) is 2. The zero-order valence-electron chi connectivity index (χ0n) is 17.7. The van der Waals surface area contributed by atoms with Gasteiger partial charge in [0.15, 0.2) is 0 Å². The van der Waals surface area contributed by atoms with Crippen molar-refractivity contribution < 1.29 is 8.78 Å². The van der Waals surface area contributed by atoms with Crippen molar-refractivity contribution in [3.05, 3.63) is 59.9 Å². The number of benzene rings is 1. The first-order valence-corrected chi connectivity index (χ1v) is 10.6. The number of aromatic amines is 1. The highest BCUT2D eigenvalue weighted by atomic mass is 19.3. The second-order valence-electron chi connectivity index (χ2n) is 8.65. The summed E-state index contributed by atoms with van der Waals surface area (Å²) >= 11 is 0.